The average Bonchev–Trinajstić information content (AvgIpc) is 2.65. The maximum Gasteiger partial charge on any atom is 0.253 e. The normalized spacial score (nSPS) is 11.9. The summed E-state index contributed by atoms with van der Waals surface area (Å²) in [6.07, 6.45) is 2.54. The molecule has 2 N–H and O–H groups in total. The van der Waals surface area contributed by atoms with E-state index < -0.39 is 6.04 Å². The number of halogens is 1. The first kappa shape index (κ1) is 21.5. The molecule has 2 rings (SSSR count). The highest BCUT2D eigenvalue weighted by Gasteiger charge is 2.22. The predicted molar refractivity (Wildman–Crippen MR) is 118 cm³/mol. The fraction of sp³-hybridized carbons (Fsp3) is 0.333. The number of anilines is 1. The molecule has 0 aliphatic rings. The van der Waals surface area contributed by atoms with Gasteiger partial charge in [0.25, 0.3) is 5.91 Å². The smallest absolute Gasteiger partial charge is 0.253 e. The third-order valence-corrected chi connectivity index (χ3v) is 5.53. The van der Waals surface area contributed by atoms with Crippen molar-refractivity contribution in [3.05, 3.63) is 64.1 Å². The van der Waals surface area contributed by atoms with Crippen LogP contribution < -0.4 is 10.6 Å². The minimum absolute atomic E-state index is 0.207. The Kier molecular flexibility index (Phi) is 8.38. The van der Waals surface area contributed by atoms with Crippen LogP contribution in [0.25, 0.3) is 0 Å². The molecule has 6 heteroatoms. The van der Waals surface area contributed by atoms with Crippen molar-refractivity contribution in [1.29, 1.82) is 0 Å². The highest BCUT2D eigenvalue weighted by Crippen LogP contribution is 2.18. The van der Waals surface area contributed by atoms with E-state index in [1.54, 1.807) is 23.9 Å². The van der Waals surface area contributed by atoms with E-state index in [1.807, 2.05) is 42.7 Å². The van der Waals surface area contributed by atoms with Crippen LogP contribution in [0.4, 0.5) is 5.69 Å². The third kappa shape index (κ3) is 6.40. The molecule has 0 aliphatic heterocycles. The molecule has 27 heavy (non-hydrogen) atoms. The van der Waals surface area contributed by atoms with Gasteiger partial charge in [0.15, 0.2) is 0 Å². The Morgan fingerprint density at radius 1 is 1.07 bits per heavy atom. The maximum absolute atomic E-state index is 12.7. The molecule has 0 aromatic heterocycles. The van der Waals surface area contributed by atoms with Crippen LogP contribution in [-0.4, -0.2) is 29.9 Å². The molecule has 4 nitrogen and oxygen atoms in total. The summed E-state index contributed by atoms with van der Waals surface area (Å²) >= 11 is 5.03. The second kappa shape index (κ2) is 10.5. The van der Waals surface area contributed by atoms with Crippen LogP contribution in [0.3, 0.4) is 0 Å². The molecule has 2 aromatic carbocycles. The molecule has 1 atom stereocenters. The van der Waals surface area contributed by atoms with Gasteiger partial charge in [-0.15, -0.1) is 0 Å². The van der Waals surface area contributed by atoms with Crippen molar-refractivity contribution in [2.24, 2.45) is 0 Å². The Labute approximate surface area is 173 Å². The summed E-state index contributed by atoms with van der Waals surface area (Å²) in [5.74, 6) is 0.744. The minimum atomic E-state index is -0.596. The van der Waals surface area contributed by atoms with Crippen LogP contribution in [0.2, 0.25) is 0 Å². The molecular weight excluding hydrogens is 424 g/mol. The van der Waals surface area contributed by atoms with E-state index in [4.69, 9.17) is 0 Å². The zero-order valence-electron chi connectivity index (χ0n) is 15.8. The molecule has 0 spiro atoms. The lowest BCUT2D eigenvalue weighted by Gasteiger charge is -2.19. The van der Waals surface area contributed by atoms with E-state index in [9.17, 15) is 9.59 Å². The number of benzene rings is 2. The second-order valence-corrected chi connectivity index (χ2v) is 8.39. The number of thioether (sulfide) groups is 1. The number of rotatable bonds is 8. The van der Waals surface area contributed by atoms with E-state index >= 15 is 0 Å². The van der Waals surface area contributed by atoms with Crippen LogP contribution in [-0.2, 0) is 4.79 Å². The van der Waals surface area contributed by atoms with Gasteiger partial charge in [0.05, 0.1) is 5.56 Å². The molecule has 2 amide bonds. The molecule has 2 aromatic rings. The number of hydrogen-bond acceptors (Lipinski definition) is 3. The first-order chi connectivity index (χ1) is 12.9. The van der Waals surface area contributed by atoms with Gasteiger partial charge in [0.1, 0.15) is 6.04 Å². The van der Waals surface area contributed by atoms with Crippen LogP contribution in [0.15, 0.2) is 53.0 Å². The topological polar surface area (TPSA) is 58.2 Å². The van der Waals surface area contributed by atoms with Crippen LogP contribution >= 0.6 is 27.7 Å². The molecule has 144 valence electrons. The second-order valence-electron chi connectivity index (χ2n) is 6.55. The fourth-order valence-corrected chi connectivity index (χ4v) is 3.50. The quantitative estimate of drug-likeness (QED) is 0.592. The fourth-order valence-electron chi connectivity index (χ4n) is 2.57. The predicted octanol–water partition coefficient (Wildman–Crippen LogP) is 5.06. The van der Waals surface area contributed by atoms with Crippen LogP contribution in [0.5, 0.6) is 0 Å². The minimum Gasteiger partial charge on any atom is -0.340 e. The van der Waals surface area contributed by atoms with Gasteiger partial charge in [0, 0.05) is 10.2 Å². The van der Waals surface area contributed by atoms with Crippen molar-refractivity contribution in [1.82, 2.24) is 5.32 Å². The first-order valence-electron chi connectivity index (χ1n) is 8.87. The van der Waals surface area contributed by atoms with Gasteiger partial charge in [0.2, 0.25) is 5.91 Å². The van der Waals surface area contributed by atoms with Crippen molar-refractivity contribution < 1.29 is 9.59 Å². The SMILES string of the molecule is CSCCC(NC(=O)c1ccccc1Br)C(=O)Nc1ccc(C(C)C)cc1. The third-order valence-electron chi connectivity index (χ3n) is 4.20. The molecule has 0 radical (unpaired) electrons. The number of hydrogen-bond donors (Lipinski definition) is 2. The lowest BCUT2D eigenvalue weighted by molar-refractivity contribution is -0.118. The molecule has 0 bridgehead atoms. The average molecular weight is 449 g/mol. The summed E-state index contributed by atoms with van der Waals surface area (Å²) in [5, 5.41) is 5.78. The van der Waals surface area contributed by atoms with Crippen LogP contribution in [0.1, 0.15) is 42.1 Å². The zero-order chi connectivity index (χ0) is 19.8. The standard InChI is InChI=1S/C21H25BrN2O2S/c1-14(2)15-8-10-16(11-9-15)23-21(26)19(12-13-27-3)24-20(25)17-6-4-5-7-18(17)22/h4-11,14,19H,12-13H2,1-3H3,(H,23,26)(H,24,25). The van der Waals surface area contributed by atoms with Crippen molar-refractivity contribution in [3.8, 4) is 0 Å². The Balaban J connectivity index is 2.08. The van der Waals surface area contributed by atoms with Crippen LogP contribution in [0, 0.1) is 0 Å². The molecule has 0 heterocycles. The van der Waals surface area contributed by atoms with Gasteiger partial charge in [-0.3, -0.25) is 9.59 Å². The lowest BCUT2D eigenvalue weighted by Crippen LogP contribution is -2.44. The molecule has 0 aliphatic carbocycles. The monoisotopic (exact) mass is 448 g/mol. The molecule has 0 fully saturated rings. The molecule has 0 saturated heterocycles. The summed E-state index contributed by atoms with van der Waals surface area (Å²) in [5.41, 5.74) is 2.46. The lowest BCUT2D eigenvalue weighted by atomic mass is 10.0. The van der Waals surface area contributed by atoms with Gasteiger partial charge in [-0.05, 0) is 70.1 Å². The number of carbonyl (C=O) groups excluding carboxylic acids is 2. The highest BCUT2D eigenvalue weighted by molar-refractivity contribution is 9.10. The summed E-state index contributed by atoms with van der Waals surface area (Å²) in [4.78, 5) is 25.3. The van der Waals surface area contributed by atoms with E-state index in [1.165, 1.54) is 5.56 Å². The first-order valence-corrected chi connectivity index (χ1v) is 11.1. The Morgan fingerprint density at radius 2 is 1.74 bits per heavy atom. The maximum atomic E-state index is 12.7. The number of carbonyl (C=O) groups is 2. The summed E-state index contributed by atoms with van der Waals surface area (Å²) in [7, 11) is 0. The van der Waals surface area contributed by atoms with E-state index in [-0.39, 0.29) is 11.8 Å². The van der Waals surface area contributed by atoms with Gasteiger partial charge in [-0.2, -0.15) is 11.8 Å². The van der Waals surface area contributed by atoms with Gasteiger partial charge in [-0.1, -0.05) is 38.1 Å². The van der Waals surface area contributed by atoms with Gasteiger partial charge >= 0.3 is 0 Å². The van der Waals surface area contributed by atoms with Crippen molar-refractivity contribution in [2.45, 2.75) is 32.2 Å². The van der Waals surface area contributed by atoms with Crippen molar-refractivity contribution in [2.75, 3.05) is 17.3 Å². The molecular formula is C21H25BrN2O2S. The Bertz CT molecular complexity index is 778. The number of amides is 2. The van der Waals surface area contributed by atoms with E-state index in [0.717, 1.165) is 11.4 Å². The van der Waals surface area contributed by atoms with Crippen molar-refractivity contribution in [3.63, 3.8) is 0 Å². The van der Waals surface area contributed by atoms with Crippen molar-refractivity contribution >= 4 is 45.2 Å². The molecule has 1 unspecified atom stereocenters. The molecule has 0 saturated carbocycles. The summed E-state index contributed by atoms with van der Waals surface area (Å²) < 4.78 is 0.704. The van der Waals surface area contributed by atoms with E-state index in [0.29, 0.717) is 22.4 Å². The van der Waals surface area contributed by atoms with E-state index in [2.05, 4.69) is 40.4 Å². The zero-order valence-corrected chi connectivity index (χ0v) is 18.2. The Morgan fingerprint density at radius 3 is 2.33 bits per heavy atom. The Hall–Kier alpha value is -1.79. The summed E-state index contributed by atoms with van der Waals surface area (Å²) in [6, 6.07) is 14.4. The highest BCUT2D eigenvalue weighted by atomic mass is 79.9. The van der Waals surface area contributed by atoms with Gasteiger partial charge in [-0.25, -0.2) is 0 Å². The van der Waals surface area contributed by atoms with Gasteiger partial charge < -0.3 is 10.6 Å². The largest absolute Gasteiger partial charge is 0.340 e. The summed E-state index contributed by atoms with van der Waals surface area (Å²) in [6.45, 7) is 4.26. The number of nitrogens with one attached hydrogen (secondary N) is 2.